The van der Waals surface area contributed by atoms with Crippen LogP contribution in [0.5, 0.6) is 0 Å². The molecule has 0 aromatic heterocycles. The highest BCUT2D eigenvalue weighted by atomic mass is 15.1. The summed E-state index contributed by atoms with van der Waals surface area (Å²) in [6.07, 6.45) is 0. The van der Waals surface area contributed by atoms with Crippen molar-refractivity contribution in [2.45, 2.75) is 38.5 Å². The molecule has 0 heterocycles. The van der Waals surface area contributed by atoms with Crippen LogP contribution < -0.4 is 4.90 Å². The lowest BCUT2D eigenvalue weighted by atomic mass is 9.56. The van der Waals surface area contributed by atoms with E-state index < -0.39 is 0 Å². The molecule has 10 rings (SSSR count). The molecule has 0 aliphatic heterocycles. The molecule has 0 spiro atoms. The molecule has 9 aromatic rings. The second kappa shape index (κ2) is 10.8. The van der Waals surface area contributed by atoms with E-state index in [2.05, 4.69) is 196 Å². The average molecular weight is 654 g/mol. The van der Waals surface area contributed by atoms with E-state index in [1.807, 2.05) is 0 Å². The first-order valence-electron chi connectivity index (χ1n) is 18.1. The highest BCUT2D eigenvalue weighted by Crippen LogP contribution is 2.55. The summed E-state index contributed by atoms with van der Waals surface area (Å²) in [5.74, 6) is 0. The second-order valence-electron chi connectivity index (χ2n) is 15.3. The molecule has 1 heteroatoms. The minimum Gasteiger partial charge on any atom is -0.309 e. The Morgan fingerprint density at radius 2 is 0.902 bits per heavy atom. The maximum atomic E-state index is 2.51. The van der Waals surface area contributed by atoms with Crippen LogP contribution in [0.15, 0.2) is 164 Å². The van der Waals surface area contributed by atoms with Crippen LogP contribution in [0, 0.1) is 0 Å². The predicted molar refractivity (Wildman–Crippen MR) is 220 cm³/mol. The quantitative estimate of drug-likeness (QED) is 0.171. The summed E-state index contributed by atoms with van der Waals surface area (Å²) in [6, 6.07) is 60.9. The molecule has 0 saturated heterocycles. The number of hydrogen-bond acceptors (Lipinski definition) is 1. The van der Waals surface area contributed by atoms with Crippen molar-refractivity contribution in [1.29, 1.82) is 0 Å². The fourth-order valence-electron chi connectivity index (χ4n) is 9.11. The van der Waals surface area contributed by atoms with Gasteiger partial charge in [-0.3, -0.25) is 0 Å². The number of fused-ring (bicyclic) bond motifs is 6. The molecule has 0 saturated carbocycles. The lowest BCUT2D eigenvalue weighted by molar-refractivity contribution is 0.304. The van der Waals surface area contributed by atoms with E-state index >= 15 is 0 Å². The minimum atomic E-state index is -0.0897. The van der Waals surface area contributed by atoms with Gasteiger partial charge in [0.2, 0.25) is 0 Å². The first-order chi connectivity index (χ1) is 24.8. The summed E-state index contributed by atoms with van der Waals surface area (Å²) in [6.45, 7) is 9.73. The largest absolute Gasteiger partial charge is 0.309 e. The van der Waals surface area contributed by atoms with Crippen molar-refractivity contribution in [3.63, 3.8) is 0 Å². The highest BCUT2D eigenvalue weighted by molar-refractivity contribution is 6.29. The number of rotatable bonds is 4. The fourth-order valence-corrected chi connectivity index (χ4v) is 9.11. The zero-order chi connectivity index (χ0) is 34.5. The molecule has 1 aliphatic carbocycles. The van der Waals surface area contributed by atoms with Crippen molar-refractivity contribution >= 4 is 70.9 Å². The Morgan fingerprint density at radius 3 is 1.65 bits per heavy atom. The Kier molecular flexibility index (Phi) is 6.34. The number of hydrogen-bond donors (Lipinski definition) is 0. The Bertz CT molecular complexity index is 2810. The van der Waals surface area contributed by atoms with Gasteiger partial charge in [-0.2, -0.15) is 0 Å². The van der Waals surface area contributed by atoms with E-state index in [0.717, 1.165) is 11.4 Å². The molecule has 51 heavy (non-hydrogen) atoms. The number of para-hydroxylation sites is 2. The van der Waals surface area contributed by atoms with Crippen molar-refractivity contribution in [1.82, 2.24) is 0 Å². The third kappa shape index (κ3) is 4.15. The van der Waals surface area contributed by atoms with Crippen LogP contribution in [-0.2, 0) is 10.8 Å². The molecular weight excluding hydrogens is 615 g/mol. The molecule has 0 amide bonds. The van der Waals surface area contributed by atoms with Crippen molar-refractivity contribution < 1.29 is 0 Å². The van der Waals surface area contributed by atoms with Crippen LogP contribution in [0.3, 0.4) is 0 Å². The first kappa shape index (κ1) is 29.9. The molecule has 1 nitrogen and oxygen atoms in total. The fraction of sp³-hybridized carbons (Fsp3) is 0.120. The minimum absolute atomic E-state index is 0.0468. The predicted octanol–water partition coefficient (Wildman–Crippen LogP) is 14.2. The number of benzene rings is 9. The van der Waals surface area contributed by atoms with Crippen LogP contribution in [0.1, 0.15) is 38.8 Å². The normalized spacial score (nSPS) is 14.6. The van der Waals surface area contributed by atoms with Crippen LogP contribution in [0.4, 0.5) is 17.1 Å². The standard InChI is InChI=1S/C50H39N/c1-49(2)42-25-14-16-32-28-29-33-30-34(31-43(50(49,3)4)47(33)46(32)42)36-19-12-13-26-44(36)51(35-17-6-5-7-18-35)45-27-15-24-41-39-21-9-8-20-37(39)38-22-10-11-23-40(38)48(41)45/h5-31H,1-4H3. The SMILES string of the molecule is CC1(C)c2cccc3ccc4cc(-c5ccccc5N(c5ccccc5)c5cccc6c7ccccc7c7ccccc7c56)cc(c4c23)C1(C)C. The Morgan fingerprint density at radius 1 is 0.373 bits per heavy atom. The number of anilines is 3. The Balaban J connectivity index is 1.29. The van der Waals surface area contributed by atoms with Crippen molar-refractivity contribution in [3.8, 4) is 11.1 Å². The van der Waals surface area contributed by atoms with Gasteiger partial charge < -0.3 is 4.90 Å². The third-order valence-corrected chi connectivity index (χ3v) is 12.3. The van der Waals surface area contributed by atoms with Crippen molar-refractivity contribution in [3.05, 3.63) is 175 Å². The Labute approximate surface area is 299 Å². The van der Waals surface area contributed by atoms with Gasteiger partial charge >= 0.3 is 0 Å². The van der Waals surface area contributed by atoms with E-state index in [9.17, 15) is 0 Å². The highest BCUT2D eigenvalue weighted by Gasteiger charge is 2.45. The van der Waals surface area contributed by atoms with Crippen LogP contribution in [0.25, 0.3) is 65.0 Å². The molecule has 0 bridgehead atoms. The van der Waals surface area contributed by atoms with Gasteiger partial charge in [0.25, 0.3) is 0 Å². The van der Waals surface area contributed by atoms with Gasteiger partial charge in [0.1, 0.15) is 0 Å². The van der Waals surface area contributed by atoms with Crippen molar-refractivity contribution in [2.75, 3.05) is 4.90 Å². The summed E-state index contributed by atoms with van der Waals surface area (Å²) in [5.41, 5.74) is 8.66. The van der Waals surface area contributed by atoms with E-state index in [-0.39, 0.29) is 10.8 Å². The lowest BCUT2D eigenvalue weighted by Gasteiger charge is -2.47. The summed E-state index contributed by atoms with van der Waals surface area (Å²) >= 11 is 0. The van der Waals surface area contributed by atoms with Gasteiger partial charge in [-0.25, -0.2) is 0 Å². The first-order valence-corrected chi connectivity index (χ1v) is 18.1. The monoisotopic (exact) mass is 653 g/mol. The summed E-state index contributed by atoms with van der Waals surface area (Å²) in [7, 11) is 0. The zero-order valence-corrected chi connectivity index (χ0v) is 29.5. The molecular formula is C50H39N. The zero-order valence-electron chi connectivity index (χ0n) is 29.5. The third-order valence-electron chi connectivity index (χ3n) is 12.3. The van der Waals surface area contributed by atoms with Crippen LogP contribution >= 0.6 is 0 Å². The summed E-state index contributed by atoms with van der Waals surface area (Å²) in [4.78, 5) is 2.49. The molecule has 0 N–H and O–H groups in total. The van der Waals surface area contributed by atoms with E-state index in [4.69, 9.17) is 0 Å². The molecule has 1 aliphatic rings. The molecule has 0 unspecified atom stereocenters. The van der Waals surface area contributed by atoms with Gasteiger partial charge in [0.05, 0.1) is 11.4 Å². The summed E-state index contributed by atoms with van der Waals surface area (Å²) in [5, 5.41) is 13.1. The lowest BCUT2D eigenvalue weighted by Crippen LogP contribution is -2.42. The van der Waals surface area contributed by atoms with Gasteiger partial charge in [-0.05, 0) is 112 Å². The van der Waals surface area contributed by atoms with Gasteiger partial charge in [-0.1, -0.05) is 155 Å². The molecule has 0 atom stereocenters. The van der Waals surface area contributed by atoms with E-state index in [1.54, 1.807) is 0 Å². The maximum Gasteiger partial charge on any atom is 0.0546 e. The van der Waals surface area contributed by atoms with Gasteiger partial charge in [-0.15, -0.1) is 0 Å². The topological polar surface area (TPSA) is 3.24 Å². The van der Waals surface area contributed by atoms with Gasteiger partial charge in [0, 0.05) is 16.6 Å². The molecule has 0 radical (unpaired) electrons. The van der Waals surface area contributed by atoms with Crippen molar-refractivity contribution in [2.24, 2.45) is 0 Å². The number of nitrogens with zero attached hydrogens (tertiary/aromatic N) is 1. The molecule has 244 valence electrons. The summed E-state index contributed by atoms with van der Waals surface area (Å²) < 4.78 is 0. The second-order valence-corrected chi connectivity index (χ2v) is 15.3. The Hall–Kier alpha value is -5.92. The smallest absolute Gasteiger partial charge is 0.0546 e. The van der Waals surface area contributed by atoms with E-state index in [0.29, 0.717) is 0 Å². The molecule has 9 aromatic carbocycles. The van der Waals surface area contributed by atoms with Crippen LogP contribution in [-0.4, -0.2) is 0 Å². The van der Waals surface area contributed by atoms with E-state index in [1.165, 1.54) is 81.8 Å². The van der Waals surface area contributed by atoms with Gasteiger partial charge in [0.15, 0.2) is 0 Å². The van der Waals surface area contributed by atoms with Crippen LogP contribution in [0.2, 0.25) is 0 Å². The molecule has 0 fully saturated rings. The average Bonchev–Trinajstić information content (AvgIpc) is 3.17. The maximum absolute atomic E-state index is 2.51.